The summed E-state index contributed by atoms with van der Waals surface area (Å²) in [4.78, 5) is 0. The second-order valence-electron chi connectivity index (χ2n) is 4.18. The molecule has 1 rings (SSSR count). The number of hydrogen-bond acceptors (Lipinski definition) is 1. The molecule has 0 aliphatic rings. The first kappa shape index (κ1) is 21.8. The van der Waals surface area contributed by atoms with Crippen molar-refractivity contribution in [2.45, 2.75) is 24.9 Å². The monoisotopic (exact) mass is 484 g/mol. The minimum atomic E-state index is -1.82. The Balaban J connectivity index is 3.70. The standard InChI is InChI=1S/C12H9Cl9O/c1-2-22-5-7-8(11(16,17)18)3-6(10(13,14)15)4-9(7)12(19,20)21/h3-4H,2,5H2,1H3. The smallest absolute Gasteiger partial charge is 0.216 e. The highest BCUT2D eigenvalue weighted by Gasteiger charge is 2.37. The van der Waals surface area contributed by atoms with Gasteiger partial charge in [0.05, 0.1) is 6.61 Å². The Morgan fingerprint density at radius 1 is 0.773 bits per heavy atom. The maximum absolute atomic E-state index is 6.00. The summed E-state index contributed by atoms with van der Waals surface area (Å²) in [5.74, 6) is 0. The van der Waals surface area contributed by atoms with Crippen LogP contribution in [0.2, 0.25) is 0 Å². The van der Waals surface area contributed by atoms with E-state index in [4.69, 9.17) is 109 Å². The van der Waals surface area contributed by atoms with E-state index >= 15 is 0 Å². The highest BCUT2D eigenvalue weighted by atomic mass is 35.6. The largest absolute Gasteiger partial charge is 0.377 e. The average molecular weight is 488 g/mol. The highest BCUT2D eigenvalue weighted by Crippen LogP contribution is 2.50. The van der Waals surface area contributed by atoms with Crippen LogP contribution in [-0.2, 0) is 22.7 Å². The fourth-order valence-corrected chi connectivity index (χ4v) is 3.04. The molecule has 126 valence electrons. The number of alkyl halides is 9. The van der Waals surface area contributed by atoms with Crippen molar-refractivity contribution in [2.75, 3.05) is 6.61 Å². The molecule has 10 heteroatoms. The lowest BCUT2D eigenvalue weighted by Gasteiger charge is -2.26. The van der Waals surface area contributed by atoms with Crippen LogP contribution in [0.15, 0.2) is 12.1 Å². The summed E-state index contributed by atoms with van der Waals surface area (Å²) in [6, 6.07) is 2.88. The van der Waals surface area contributed by atoms with Crippen molar-refractivity contribution < 1.29 is 4.74 Å². The van der Waals surface area contributed by atoms with Crippen LogP contribution in [0.1, 0.15) is 29.2 Å². The van der Waals surface area contributed by atoms with Crippen LogP contribution in [0.25, 0.3) is 0 Å². The molecule has 0 aliphatic carbocycles. The maximum Gasteiger partial charge on any atom is 0.216 e. The SMILES string of the molecule is CCOCc1c(C(Cl)(Cl)Cl)cc(C(Cl)(Cl)Cl)cc1C(Cl)(Cl)Cl. The summed E-state index contributed by atoms with van der Waals surface area (Å²) < 4.78 is -0.0453. The van der Waals surface area contributed by atoms with Crippen LogP contribution >= 0.6 is 104 Å². The molecule has 0 fully saturated rings. The Labute approximate surface area is 173 Å². The van der Waals surface area contributed by atoms with Crippen molar-refractivity contribution in [2.24, 2.45) is 0 Å². The van der Waals surface area contributed by atoms with Gasteiger partial charge in [-0.2, -0.15) is 0 Å². The lowest BCUT2D eigenvalue weighted by Crippen LogP contribution is -2.17. The van der Waals surface area contributed by atoms with Crippen LogP contribution in [0, 0.1) is 0 Å². The first-order valence-corrected chi connectivity index (χ1v) is 9.15. The minimum Gasteiger partial charge on any atom is -0.377 e. The molecule has 0 aliphatic heterocycles. The molecule has 22 heavy (non-hydrogen) atoms. The van der Waals surface area contributed by atoms with Crippen molar-refractivity contribution in [3.63, 3.8) is 0 Å². The molecule has 0 aromatic heterocycles. The molecule has 0 radical (unpaired) electrons. The molecule has 0 spiro atoms. The quantitative estimate of drug-likeness (QED) is 0.396. The normalized spacial score (nSPS) is 13.5. The van der Waals surface area contributed by atoms with E-state index in [1.165, 1.54) is 12.1 Å². The molecule has 0 amide bonds. The zero-order valence-corrected chi connectivity index (χ0v) is 17.7. The molecule has 0 atom stereocenters. The summed E-state index contributed by atoms with van der Waals surface area (Å²) >= 11 is 53.7. The van der Waals surface area contributed by atoms with Gasteiger partial charge in [0.25, 0.3) is 0 Å². The van der Waals surface area contributed by atoms with E-state index in [1.807, 2.05) is 0 Å². The minimum absolute atomic E-state index is 0.0725. The third-order valence-corrected chi connectivity index (χ3v) is 4.51. The van der Waals surface area contributed by atoms with E-state index in [0.29, 0.717) is 12.2 Å². The predicted octanol–water partition coefficient (Wildman–Crippen LogP) is 7.70. The maximum atomic E-state index is 6.00. The predicted molar refractivity (Wildman–Crippen MR) is 99.5 cm³/mol. The van der Waals surface area contributed by atoms with E-state index in [0.717, 1.165) is 0 Å². The summed E-state index contributed by atoms with van der Waals surface area (Å²) in [6.07, 6.45) is 0. The molecule has 0 saturated heterocycles. The molecule has 0 saturated carbocycles. The van der Waals surface area contributed by atoms with Gasteiger partial charge in [-0.3, -0.25) is 0 Å². The number of hydrogen-bond donors (Lipinski definition) is 0. The first-order chi connectivity index (χ1) is 9.78. The molecule has 0 unspecified atom stereocenters. The second-order valence-corrected chi connectivity index (χ2v) is 11.0. The van der Waals surface area contributed by atoms with Gasteiger partial charge in [-0.25, -0.2) is 0 Å². The third-order valence-electron chi connectivity index (χ3n) is 2.64. The summed E-state index contributed by atoms with van der Waals surface area (Å²) in [7, 11) is 0. The van der Waals surface area contributed by atoms with Crippen LogP contribution in [-0.4, -0.2) is 6.61 Å². The molecule has 0 heterocycles. The summed E-state index contributed by atoms with van der Waals surface area (Å²) in [5, 5.41) is 0. The molecule has 0 bridgehead atoms. The van der Waals surface area contributed by atoms with Crippen LogP contribution in [0.5, 0.6) is 0 Å². The van der Waals surface area contributed by atoms with E-state index < -0.39 is 11.4 Å². The van der Waals surface area contributed by atoms with Crippen LogP contribution in [0.3, 0.4) is 0 Å². The van der Waals surface area contributed by atoms with E-state index in [2.05, 4.69) is 0 Å². The fraction of sp³-hybridized carbons (Fsp3) is 0.500. The average Bonchev–Trinajstić information content (AvgIpc) is 2.31. The van der Waals surface area contributed by atoms with Gasteiger partial charge in [0, 0.05) is 23.3 Å². The van der Waals surface area contributed by atoms with Gasteiger partial charge in [-0.05, 0) is 24.6 Å². The molecular formula is C12H9Cl9O. The summed E-state index contributed by atoms with van der Waals surface area (Å²) in [6.45, 7) is 2.30. The number of rotatable bonds is 3. The molecule has 1 nitrogen and oxygen atoms in total. The van der Waals surface area contributed by atoms with E-state index in [9.17, 15) is 0 Å². The first-order valence-electron chi connectivity index (χ1n) is 5.74. The van der Waals surface area contributed by atoms with Gasteiger partial charge in [0.2, 0.25) is 11.4 Å². The Morgan fingerprint density at radius 3 is 1.45 bits per heavy atom. The van der Waals surface area contributed by atoms with E-state index in [-0.39, 0.29) is 23.3 Å². The Kier molecular flexibility index (Phi) is 7.93. The van der Waals surface area contributed by atoms with Crippen molar-refractivity contribution in [3.8, 4) is 0 Å². The third kappa shape index (κ3) is 5.95. The highest BCUT2D eigenvalue weighted by molar-refractivity contribution is 6.68. The van der Waals surface area contributed by atoms with Crippen LogP contribution < -0.4 is 0 Å². The summed E-state index contributed by atoms with van der Waals surface area (Å²) in [5.41, 5.74) is 1.06. The lowest BCUT2D eigenvalue weighted by atomic mass is 9.99. The topological polar surface area (TPSA) is 9.23 Å². The second kappa shape index (κ2) is 7.99. The Bertz CT molecular complexity index is 490. The number of halogens is 9. The molecule has 0 N–H and O–H groups in total. The fourth-order valence-electron chi connectivity index (χ4n) is 1.70. The van der Waals surface area contributed by atoms with E-state index in [1.54, 1.807) is 6.92 Å². The van der Waals surface area contributed by atoms with Crippen LogP contribution in [0.4, 0.5) is 0 Å². The van der Waals surface area contributed by atoms with Gasteiger partial charge in [0.15, 0.2) is 0 Å². The lowest BCUT2D eigenvalue weighted by molar-refractivity contribution is 0.133. The van der Waals surface area contributed by atoms with Crippen molar-refractivity contribution in [1.82, 2.24) is 0 Å². The van der Waals surface area contributed by atoms with Gasteiger partial charge in [-0.15, -0.1) is 0 Å². The van der Waals surface area contributed by atoms with Crippen molar-refractivity contribution >= 4 is 104 Å². The number of ether oxygens (including phenoxy) is 1. The Hall–Kier alpha value is 1.79. The zero-order chi connectivity index (χ0) is 17.3. The molecule has 1 aromatic rings. The van der Waals surface area contributed by atoms with Gasteiger partial charge in [-0.1, -0.05) is 104 Å². The molecule has 1 aromatic carbocycles. The Morgan fingerprint density at radius 2 is 1.18 bits per heavy atom. The zero-order valence-electron chi connectivity index (χ0n) is 10.9. The van der Waals surface area contributed by atoms with Crippen molar-refractivity contribution in [1.29, 1.82) is 0 Å². The van der Waals surface area contributed by atoms with Gasteiger partial charge in [0.1, 0.15) is 0 Å². The van der Waals surface area contributed by atoms with Gasteiger partial charge < -0.3 is 4.74 Å². The van der Waals surface area contributed by atoms with Crippen molar-refractivity contribution in [3.05, 3.63) is 34.4 Å². The van der Waals surface area contributed by atoms with Gasteiger partial charge >= 0.3 is 0 Å². The number of benzene rings is 1. The molecular weight excluding hydrogens is 479 g/mol.